The van der Waals surface area contributed by atoms with Crippen LogP contribution in [0, 0.1) is 0 Å². The van der Waals surface area contributed by atoms with Gasteiger partial charge in [0.1, 0.15) is 11.8 Å². The Labute approximate surface area is 188 Å². The molecule has 0 bridgehead atoms. The number of benzene rings is 2. The molecule has 2 heterocycles. The molecule has 33 heavy (non-hydrogen) atoms. The topological polar surface area (TPSA) is 66.9 Å². The summed E-state index contributed by atoms with van der Waals surface area (Å²) in [7, 11) is 0. The van der Waals surface area contributed by atoms with Crippen LogP contribution in [0.15, 0.2) is 54.6 Å². The van der Waals surface area contributed by atoms with Crippen LogP contribution in [-0.4, -0.2) is 47.0 Å². The molecule has 0 aromatic heterocycles. The first kappa shape index (κ1) is 22.8. The van der Waals surface area contributed by atoms with E-state index in [4.69, 9.17) is 0 Å². The Bertz CT molecular complexity index is 1020. The summed E-state index contributed by atoms with van der Waals surface area (Å²) in [6.07, 6.45) is -3.48. The van der Waals surface area contributed by atoms with Gasteiger partial charge in [0.25, 0.3) is 5.91 Å². The lowest BCUT2D eigenvalue weighted by atomic mass is 9.89. The first-order valence-electron chi connectivity index (χ1n) is 10.8. The molecule has 4 rings (SSSR count). The van der Waals surface area contributed by atoms with E-state index in [-0.39, 0.29) is 42.2 Å². The SMILES string of the molecule is O=C(C(c1ccccc1)N1C(=O)CCC1=O)N1CCC(c2cccc(OC(F)(F)F)c2)CC1. The second kappa shape index (κ2) is 9.25. The zero-order valence-corrected chi connectivity index (χ0v) is 17.8. The van der Waals surface area contributed by atoms with Crippen molar-refractivity contribution >= 4 is 17.7 Å². The number of halogens is 3. The summed E-state index contributed by atoms with van der Waals surface area (Å²) in [4.78, 5) is 41.0. The van der Waals surface area contributed by atoms with Crippen molar-refractivity contribution in [2.24, 2.45) is 0 Å². The molecule has 174 valence electrons. The third-order valence-corrected chi connectivity index (χ3v) is 6.07. The van der Waals surface area contributed by atoms with Gasteiger partial charge in [-0.15, -0.1) is 13.2 Å². The number of alkyl halides is 3. The number of amides is 3. The Balaban J connectivity index is 1.48. The molecule has 2 aromatic rings. The molecule has 2 fully saturated rings. The number of likely N-dealkylation sites (tertiary alicyclic amines) is 2. The van der Waals surface area contributed by atoms with Gasteiger partial charge in [0, 0.05) is 25.9 Å². The van der Waals surface area contributed by atoms with Gasteiger partial charge in [-0.2, -0.15) is 0 Å². The molecule has 0 spiro atoms. The molecule has 2 aromatic carbocycles. The molecule has 9 heteroatoms. The minimum absolute atomic E-state index is 0.0314. The lowest BCUT2D eigenvalue weighted by molar-refractivity contribution is -0.274. The van der Waals surface area contributed by atoms with Gasteiger partial charge in [-0.05, 0) is 42.0 Å². The molecule has 0 aliphatic carbocycles. The van der Waals surface area contributed by atoms with E-state index in [2.05, 4.69) is 4.74 Å². The number of carbonyl (C=O) groups is 3. The van der Waals surface area contributed by atoms with Crippen LogP contribution in [0.5, 0.6) is 5.75 Å². The first-order chi connectivity index (χ1) is 15.7. The maximum absolute atomic E-state index is 13.5. The molecule has 1 unspecified atom stereocenters. The van der Waals surface area contributed by atoms with E-state index >= 15 is 0 Å². The fourth-order valence-electron chi connectivity index (χ4n) is 4.49. The number of imide groups is 1. The Morgan fingerprint density at radius 2 is 1.58 bits per heavy atom. The molecule has 1 atom stereocenters. The minimum Gasteiger partial charge on any atom is -0.406 e. The molecule has 2 aliphatic heterocycles. The van der Waals surface area contributed by atoms with Gasteiger partial charge in [0.2, 0.25) is 11.8 Å². The maximum Gasteiger partial charge on any atom is 0.573 e. The van der Waals surface area contributed by atoms with Crippen molar-refractivity contribution in [2.75, 3.05) is 13.1 Å². The number of piperidine rings is 1. The zero-order chi connectivity index (χ0) is 23.6. The van der Waals surface area contributed by atoms with Gasteiger partial charge in [-0.1, -0.05) is 42.5 Å². The van der Waals surface area contributed by atoms with Crippen LogP contribution < -0.4 is 4.74 Å². The number of carbonyl (C=O) groups excluding carboxylic acids is 3. The summed E-state index contributed by atoms with van der Waals surface area (Å²) >= 11 is 0. The van der Waals surface area contributed by atoms with Crippen LogP contribution in [0.3, 0.4) is 0 Å². The average molecular weight is 460 g/mol. The van der Waals surface area contributed by atoms with Crippen molar-refractivity contribution in [3.63, 3.8) is 0 Å². The minimum atomic E-state index is -4.76. The van der Waals surface area contributed by atoms with E-state index in [9.17, 15) is 27.6 Å². The molecular formula is C24H23F3N2O4. The van der Waals surface area contributed by atoms with E-state index < -0.39 is 12.4 Å². The van der Waals surface area contributed by atoms with E-state index in [1.165, 1.54) is 18.2 Å². The van der Waals surface area contributed by atoms with Gasteiger partial charge in [-0.25, -0.2) is 0 Å². The predicted molar refractivity (Wildman–Crippen MR) is 112 cm³/mol. The van der Waals surface area contributed by atoms with Crippen LogP contribution in [0.4, 0.5) is 13.2 Å². The highest BCUT2D eigenvalue weighted by Crippen LogP contribution is 2.34. The Kier molecular flexibility index (Phi) is 6.40. The Morgan fingerprint density at radius 3 is 2.18 bits per heavy atom. The van der Waals surface area contributed by atoms with Crippen LogP contribution >= 0.6 is 0 Å². The van der Waals surface area contributed by atoms with E-state index in [0.29, 0.717) is 37.1 Å². The second-order valence-corrected chi connectivity index (χ2v) is 8.19. The summed E-state index contributed by atoms with van der Waals surface area (Å²) in [5, 5.41) is 0. The standard InChI is InChI=1S/C24H23F3N2O4/c25-24(26,27)33-19-8-4-7-18(15-19)16-11-13-28(14-12-16)23(32)22(17-5-2-1-3-6-17)29-20(30)9-10-21(29)31/h1-8,15-16,22H,9-14H2. The van der Waals surface area contributed by atoms with Gasteiger partial charge >= 0.3 is 6.36 Å². The molecule has 0 N–H and O–H groups in total. The van der Waals surface area contributed by atoms with Gasteiger partial charge in [-0.3, -0.25) is 19.3 Å². The molecule has 2 saturated heterocycles. The summed E-state index contributed by atoms with van der Waals surface area (Å²) in [6.45, 7) is 0.737. The summed E-state index contributed by atoms with van der Waals surface area (Å²) in [6, 6.07) is 13.6. The van der Waals surface area contributed by atoms with Crippen LogP contribution in [0.2, 0.25) is 0 Å². The highest BCUT2D eigenvalue weighted by molar-refractivity contribution is 6.05. The van der Waals surface area contributed by atoms with Crippen molar-refractivity contribution in [3.05, 3.63) is 65.7 Å². The van der Waals surface area contributed by atoms with E-state index in [1.807, 2.05) is 0 Å². The molecule has 0 saturated carbocycles. The third-order valence-electron chi connectivity index (χ3n) is 6.07. The van der Waals surface area contributed by atoms with Gasteiger partial charge in [0.05, 0.1) is 0 Å². The smallest absolute Gasteiger partial charge is 0.406 e. The number of rotatable bonds is 5. The normalized spacial score (nSPS) is 18.5. The van der Waals surface area contributed by atoms with Crippen molar-refractivity contribution in [1.29, 1.82) is 0 Å². The molecular weight excluding hydrogens is 437 g/mol. The predicted octanol–water partition coefficient (Wildman–Crippen LogP) is 4.18. The van der Waals surface area contributed by atoms with Gasteiger partial charge in [0.15, 0.2) is 0 Å². The van der Waals surface area contributed by atoms with Gasteiger partial charge < -0.3 is 9.64 Å². The summed E-state index contributed by atoms with van der Waals surface area (Å²) in [5.41, 5.74) is 1.29. The first-order valence-corrected chi connectivity index (χ1v) is 10.8. The van der Waals surface area contributed by atoms with Crippen molar-refractivity contribution in [2.45, 2.75) is 44.0 Å². The van der Waals surface area contributed by atoms with E-state index in [0.717, 1.165) is 4.90 Å². The van der Waals surface area contributed by atoms with Crippen molar-refractivity contribution < 1.29 is 32.3 Å². The zero-order valence-electron chi connectivity index (χ0n) is 17.8. The Hall–Kier alpha value is -3.36. The van der Waals surface area contributed by atoms with E-state index in [1.54, 1.807) is 41.3 Å². The summed E-state index contributed by atoms with van der Waals surface area (Å²) < 4.78 is 41.6. The third kappa shape index (κ3) is 5.18. The lowest BCUT2D eigenvalue weighted by Crippen LogP contribution is -2.47. The fourth-order valence-corrected chi connectivity index (χ4v) is 4.49. The molecule has 0 radical (unpaired) electrons. The highest BCUT2D eigenvalue weighted by atomic mass is 19.4. The summed E-state index contributed by atoms with van der Waals surface area (Å²) in [5.74, 6) is -1.35. The van der Waals surface area contributed by atoms with Crippen LogP contribution in [-0.2, 0) is 14.4 Å². The maximum atomic E-state index is 13.5. The van der Waals surface area contributed by atoms with Crippen LogP contribution in [0.25, 0.3) is 0 Å². The van der Waals surface area contributed by atoms with Crippen molar-refractivity contribution in [3.8, 4) is 5.75 Å². The number of ether oxygens (including phenoxy) is 1. The largest absolute Gasteiger partial charge is 0.573 e. The average Bonchev–Trinajstić information content (AvgIpc) is 3.12. The lowest BCUT2D eigenvalue weighted by Gasteiger charge is -2.36. The fraction of sp³-hybridized carbons (Fsp3) is 0.375. The number of nitrogens with zero attached hydrogens (tertiary/aromatic N) is 2. The number of hydrogen-bond donors (Lipinski definition) is 0. The molecule has 3 amide bonds. The van der Waals surface area contributed by atoms with Crippen molar-refractivity contribution in [1.82, 2.24) is 9.80 Å². The second-order valence-electron chi connectivity index (χ2n) is 8.19. The van der Waals surface area contributed by atoms with Crippen LogP contribution in [0.1, 0.15) is 48.8 Å². The Morgan fingerprint density at radius 1 is 0.939 bits per heavy atom. The quantitative estimate of drug-likeness (QED) is 0.628. The number of hydrogen-bond acceptors (Lipinski definition) is 4. The molecule has 2 aliphatic rings. The molecule has 6 nitrogen and oxygen atoms in total. The monoisotopic (exact) mass is 460 g/mol. The highest BCUT2D eigenvalue weighted by Gasteiger charge is 2.42.